The fourth-order valence-electron chi connectivity index (χ4n) is 1.36. The zero-order valence-corrected chi connectivity index (χ0v) is 12.2. The quantitative estimate of drug-likeness (QED) is 0.433. The van der Waals surface area contributed by atoms with Gasteiger partial charge in [-0.05, 0) is 18.1 Å². The highest BCUT2D eigenvalue weighted by molar-refractivity contribution is 7.99. The number of nitrogens with one attached hydrogen (secondary N) is 2. The monoisotopic (exact) mass is 291 g/mol. The van der Waals surface area contributed by atoms with Gasteiger partial charge in [0.05, 0.1) is 6.21 Å². The number of hydrogen-bond donors (Lipinski definition) is 3. The van der Waals surface area contributed by atoms with Crippen molar-refractivity contribution in [3.8, 4) is 5.75 Å². The summed E-state index contributed by atoms with van der Waals surface area (Å²) in [7, 11) is 0. The fourth-order valence-corrected chi connectivity index (χ4v) is 2.11. The van der Waals surface area contributed by atoms with E-state index in [0.717, 1.165) is 5.75 Å². The summed E-state index contributed by atoms with van der Waals surface area (Å²) in [6, 6.07) is 6.96. The van der Waals surface area contributed by atoms with E-state index in [1.54, 1.807) is 30.0 Å². The van der Waals surface area contributed by atoms with Gasteiger partial charge in [0.1, 0.15) is 5.75 Å². The molecule has 0 bridgehead atoms. The molecule has 0 radical (unpaired) electrons. The van der Waals surface area contributed by atoms with E-state index in [9.17, 15) is 5.11 Å². The van der Waals surface area contributed by atoms with E-state index in [1.807, 2.05) is 6.07 Å². The van der Waals surface area contributed by atoms with Crippen LogP contribution in [-0.2, 0) is 0 Å². The Morgan fingerprint density at radius 2 is 2.25 bits per heavy atom. The summed E-state index contributed by atoms with van der Waals surface area (Å²) in [4.78, 5) is 4.24. The van der Waals surface area contributed by atoms with E-state index in [-0.39, 0.29) is 5.75 Å². The lowest BCUT2D eigenvalue weighted by molar-refractivity contribution is 0.474. The average Bonchev–Trinajstić information content (AvgIpc) is 2.87. The van der Waals surface area contributed by atoms with E-state index < -0.39 is 0 Å². The van der Waals surface area contributed by atoms with E-state index in [1.165, 1.54) is 6.21 Å². The summed E-state index contributed by atoms with van der Waals surface area (Å²) in [5.74, 6) is 2.22. The molecule has 0 aliphatic rings. The first kappa shape index (κ1) is 14.4. The number of phenols is 1. The summed E-state index contributed by atoms with van der Waals surface area (Å²) in [5, 5.41) is 21.1. The van der Waals surface area contributed by atoms with E-state index in [2.05, 4.69) is 39.6 Å². The lowest BCUT2D eigenvalue weighted by Crippen LogP contribution is -1.93. The van der Waals surface area contributed by atoms with Crippen molar-refractivity contribution >= 4 is 23.9 Å². The minimum atomic E-state index is 0.184. The molecule has 0 spiro atoms. The molecule has 0 saturated carbocycles. The first-order valence-corrected chi connectivity index (χ1v) is 7.26. The lowest BCUT2D eigenvalue weighted by Gasteiger charge is -1.99. The number of nitrogens with zero attached hydrogens (tertiary/aromatic N) is 3. The number of aromatic hydroxyl groups is 1. The van der Waals surface area contributed by atoms with E-state index >= 15 is 0 Å². The average molecular weight is 291 g/mol. The van der Waals surface area contributed by atoms with Gasteiger partial charge in [0.2, 0.25) is 11.1 Å². The number of anilines is 1. The van der Waals surface area contributed by atoms with Crippen LogP contribution in [0.3, 0.4) is 0 Å². The van der Waals surface area contributed by atoms with Crippen molar-refractivity contribution < 1.29 is 5.11 Å². The maximum atomic E-state index is 9.58. The number of rotatable bonds is 6. The fraction of sp³-hybridized carbons (Fsp3) is 0.308. The van der Waals surface area contributed by atoms with Gasteiger partial charge in [0.25, 0.3) is 0 Å². The van der Waals surface area contributed by atoms with Crippen molar-refractivity contribution in [1.29, 1.82) is 0 Å². The number of phenolic OH excluding ortho intramolecular Hbond substituents is 1. The molecule has 2 rings (SSSR count). The number of hydrazone groups is 1. The molecule has 7 heteroatoms. The third kappa shape index (κ3) is 4.27. The largest absolute Gasteiger partial charge is 0.507 e. The zero-order chi connectivity index (χ0) is 14.4. The van der Waals surface area contributed by atoms with Gasteiger partial charge in [-0.15, -0.1) is 5.10 Å². The molecule has 2 aromatic rings. The number of aromatic amines is 1. The van der Waals surface area contributed by atoms with Gasteiger partial charge in [-0.2, -0.15) is 10.1 Å². The second-order valence-electron chi connectivity index (χ2n) is 4.60. The van der Waals surface area contributed by atoms with Gasteiger partial charge < -0.3 is 5.11 Å². The maximum absolute atomic E-state index is 9.58. The van der Waals surface area contributed by atoms with Crippen molar-refractivity contribution in [3.63, 3.8) is 0 Å². The van der Waals surface area contributed by atoms with E-state index in [4.69, 9.17) is 0 Å². The van der Waals surface area contributed by atoms with Crippen LogP contribution >= 0.6 is 11.8 Å². The van der Waals surface area contributed by atoms with Crippen LogP contribution in [0.2, 0.25) is 0 Å². The zero-order valence-electron chi connectivity index (χ0n) is 11.4. The molecule has 6 nitrogen and oxygen atoms in total. The molecule has 106 valence electrons. The number of thioether (sulfide) groups is 1. The van der Waals surface area contributed by atoms with Crippen LogP contribution in [0.4, 0.5) is 5.95 Å². The summed E-state index contributed by atoms with van der Waals surface area (Å²) >= 11 is 1.60. The molecule has 0 saturated heterocycles. The Morgan fingerprint density at radius 1 is 1.45 bits per heavy atom. The van der Waals surface area contributed by atoms with Crippen molar-refractivity contribution in [3.05, 3.63) is 29.8 Å². The summed E-state index contributed by atoms with van der Waals surface area (Å²) in [6.45, 7) is 4.30. The third-order valence-corrected chi connectivity index (χ3v) is 3.60. The van der Waals surface area contributed by atoms with Crippen LogP contribution in [0.25, 0.3) is 0 Å². The highest BCUT2D eigenvalue weighted by atomic mass is 32.2. The molecule has 0 amide bonds. The Morgan fingerprint density at radius 3 is 3.00 bits per heavy atom. The van der Waals surface area contributed by atoms with Crippen molar-refractivity contribution in [2.24, 2.45) is 11.0 Å². The summed E-state index contributed by atoms with van der Waals surface area (Å²) < 4.78 is 0. The smallest absolute Gasteiger partial charge is 0.240 e. The minimum absolute atomic E-state index is 0.184. The van der Waals surface area contributed by atoms with Gasteiger partial charge in [0.15, 0.2) is 0 Å². The molecule has 0 atom stereocenters. The van der Waals surface area contributed by atoms with Gasteiger partial charge in [-0.3, -0.25) is 0 Å². The van der Waals surface area contributed by atoms with Crippen LogP contribution < -0.4 is 5.43 Å². The third-order valence-electron chi connectivity index (χ3n) is 2.32. The van der Waals surface area contributed by atoms with Crippen molar-refractivity contribution in [1.82, 2.24) is 15.2 Å². The van der Waals surface area contributed by atoms with E-state index in [0.29, 0.717) is 22.6 Å². The molecule has 0 aliphatic carbocycles. The first-order valence-electron chi connectivity index (χ1n) is 6.27. The number of H-pyrrole nitrogens is 1. The van der Waals surface area contributed by atoms with Gasteiger partial charge in [-0.1, -0.05) is 37.7 Å². The normalized spacial score (nSPS) is 11.3. The van der Waals surface area contributed by atoms with Crippen LogP contribution in [-0.4, -0.2) is 32.3 Å². The number of hydrogen-bond acceptors (Lipinski definition) is 6. The van der Waals surface area contributed by atoms with Gasteiger partial charge >= 0.3 is 0 Å². The molecule has 0 fully saturated rings. The molecular formula is C13H17N5OS. The SMILES string of the molecule is CC(C)CSc1n[nH]c(N/N=C/c2ccccc2O)n1. The lowest BCUT2D eigenvalue weighted by atomic mass is 10.2. The highest BCUT2D eigenvalue weighted by Gasteiger charge is 2.04. The second-order valence-corrected chi connectivity index (χ2v) is 5.59. The summed E-state index contributed by atoms with van der Waals surface area (Å²) in [6.07, 6.45) is 1.53. The predicted molar refractivity (Wildman–Crippen MR) is 81.3 cm³/mol. The molecule has 1 aromatic heterocycles. The number of benzene rings is 1. The van der Waals surface area contributed by atoms with Gasteiger partial charge in [0, 0.05) is 11.3 Å². The van der Waals surface area contributed by atoms with Crippen LogP contribution in [0.5, 0.6) is 5.75 Å². The first-order chi connectivity index (χ1) is 9.65. The molecule has 0 aliphatic heterocycles. The number of para-hydroxylation sites is 1. The Kier molecular flexibility index (Phi) is 5.00. The molecule has 1 aromatic carbocycles. The standard InChI is InChI=1S/C13H17N5OS/c1-9(2)8-20-13-15-12(17-18-13)16-14-7-10-5-3-4-6-11(10)19/h3-7,9,19H,8H2,1-2H3,(H2,15,16,17,18)/b14-7+. The van der Waals surface area contributed by atoms with Crippen LogP contribution in [0, 0.1) is 5.92 Å². The van der Waals surface area contributed by atoms with Crippen molar-refractivity contribution in [2.45, 2.75) is 19.0 Å². The summed E-state index contributed by atoms with van der Waals surface area (Å²) in [5.41, 5.74) is 3.38. The predicted octanol–water partition coefficient (Wildman–Crippen LogP) is 2.70. The molecule has 0 unspecified atom stereocenters. The van der Waals surface area contributed by atoms with Crippen molar-refractivity contribution in [2.75, 3.05) is 11.2 Å². The molecular weight excluding hydrogens is 274 g/mol. The molecule has 20 heavy (non-hydrogen) atoms. The minimum Gasteiger partial charge on any atom is -0.507 e. The molecule has 1 heterocycles. The maximum Gasteiger partial charge on any atom is 0.240 e. The topological polar surface area (TPSA) is 86.2 Å². The van der Waals surface area contributed by atoms with Gasteiger partial charge in [-0.25, -0.2) is 10.5 Å². The van der Waals surface area contributed by atoms with Crippen LogP contribution in [0.15, 0.2) is 34.5 Å². The second kappa shape index (κ2) is 6.95. The van der Waals surface area contributed by atoms with Crippen LogP contribution in [0.1, 0.15) is 19.4 Å². The Hall–Kier alpha value is -2.02. The number of aromatic nitrogens is 3. The Bertz CT molecular complexity index is 582. The Labute approximate surface area is 121 Å². The highest BCUT2D eigenvalue weighted by Crippen LogP contribution is 2.17. The Balaban J connectivity index is 1.89. The molecule has 3 N–H and O–H groups in total.